The minimum absolute atomic E-state index is 0.0907. The summed E-state index contributed by atoms with van der Waals surface area (Å²) in [7, 11) is 0. The van der Waals surface area contributed by atoms with Crippen LogP contribution in [0.1, 0.15) is 31.4 Å². The second-order valence-corrected chi connectivity index (χ2v) is 10.5. The van der Waals surface area contributed by atoms with Crippen molar-refractivity contribution in [3.05, 3.63) is 86.9 Å². The smallest absolute Gasteiger partial charge is 0.421 e. The van der Waals surface area contributed by atoms with Gasteiger partial charge in [0.15, 0.2) is 0 Å². The number of benzene rings is 2. The van der Waals surface area contributed by atoms with Gasteiger partial charge in [0.2, 0.25) is 11.8 Å². The molecule has 0 saturated carbocycles. The quantitative estimate of drug-likeness (QED) is 0.415. The number of rotatable bonds is 5. The lowest BCUT2D eigenvalue weighted by atomic mass is 9.69. The van der Waals surface area contributed by atoms with Crippen LogP contribution in [0.4, 0.5) is 10.5 Å². The predicted octanol–water partition coefficient (Wildman–Crippen LogP) is 6.78. The maximum atomic E-state index is 14.4. The number of carbonyl (C=O) groups is 3. The van der Waals surface area contributed by atoms with Crippen molar-refractivity contribution in [3.63, 3.8) is 0 Å². The lowest BCUT2D eigenvalue weighted by molar-refractivity contribution is -0.134. The van der Waals surface area contributed by atoms with E-state index in [0.29, 0.717) is 22.2 Å². The number of hydrogen-bond donors (Lipinski definition) is 1. The second-order valence-electron chi connectivity index (χ2n) is 8.68. The largest absolute Gasteiger partial charge is 0.449 e. The van der Waals surface area contributed by atoms with Gasteiger partial charge in [-0.1, -0.05) is 75.5 Å². The van der Waals surface area contributed by atoms with Gasteiger partial charge in [-0.3, -0.25) is 9.59 Å². The molecule has 1 heterocycles. The SMILES string of the molecule is CCOC(=O)N(C(=O)C1[C@H](C2C=CC=C(Cl)C2)CC(=O)N[C@@H]1c1ccccc1Br)c1cccc(Cl)c1. The third kappa shape index (κ3) is 5.69. The molecular weight excluding hydrogens is 567 g/mol. The lowest BCUT2D eigenvalue weighted by Gasteiger charge is -2.42. The van der Waals surface area contributed by atoms with Gasteiger partial charge in [0.25, 0.3) is 0 Å². The Morgan fingerprint density at radius 2 is 1.92 bits per heavy atom. The van der Waals surface area contributed by atoms with Gasteiger partial charge in [-0.15, -0.1) is 0 Å². The van der Waals surface area contributed by atoms with Crippen molar-refractivity contribution in [1.82, 2.24) is 5.32 Å². The average Bonchev–Trinajstić information content (AvgIpc) is 2.84. The van der Waals surface area contributed by atoms with Crippen LogP contribution >= 0.6 is 39.1 Å². The van der Waals surface area contributed by atoms with Crippen molar-refractivity contribution in [2.75, 3.05) is 11.5 Å². The van der Waals surface area contributed by atoms with Gasteiger partial charge in [0, 0.05) is 20.9 Å². The van der Waals surface area contributed by atoms with Gasteiger partial charge in [-0.25, -0.2) is 9.69 Å². The molecule has 0 aromatic heterocycles. The van der Waals surface area contributed by atoms with Crippen LogP contribution in [0.3, 0.4) is 0 Å². The first-order valence-corrected chi connectivity index (χ1v) is 13.2. The molecule has 4 atom stereocenters. The number of nitrogens with one attached hydrogen (secondary N) is 1. The fourth-order valence-corrected chi connectivity index (χ4v) is 5.85. The first-order valence-electron chi connectivity index (χ1n) is 11.6. The zero-order valence-electron chi connectivity index (χ0n) is 19.5. The lowest BCUT2D eigenvalue weighted by Crippen LogP contribution is -2.54. The Morgan fingerprint density at radius 1 is 1.14 bits per heavy atom. The molecule has 188 valence electrons. The maximum Gasteiger partial charge on any atom is 0.421 e. The van der Waals surface area contributed by atoms with E-state index >= 15 is 0 Å². The highest BCUT2D eigenvalue weighted by atomic mass is 79.9. The fraction of sp³-hybridized carbons (Fsp3) is 0.296. The van der Waals surface area contributed by atoms with Crippen molar-refractivity contribution in [2.45, 2.75) is 25.8 Å². The van der Waals surface area contributed by atoms with E-state index in [9.17, 15) is 14.4 Å². The van der Waals surface area contributed by atoms with Gasteiger partial charge in [0.05, 0.1) is 24.3 Å². The molecular formula is C27H25BrCl2N2O4. The Hall–Kier alpha value is -2.61. The molecule has 0 spiro atoms. The number of nitrogens with zero attached hydrogens (tertiary/aromatic N) is 1. The topological polar surface area (TPSA) is 75.7 Å². The molecule has 9 heteroatoms. The highest BCUT2D eigenvalue weighted by Crippen LogP contribution is 2.45. The summed E-state index contributed by atoms with van der Waals surface area (Å²) >= 11 is 16.1. The summed E-state index contributed by atoms with van der Waals surface area (Å²) in [5, 5.41) is 4.03. The van der Waals surface area contributed by atoms with Crippen LogP contribution in [0.15, 0.2) is 76.3 Å². The number of imide groups is 1. The summed E-state index contributed by atoms with van der Waals surface area (Å²) in [6.45, 7) is 1.76. The molecule has 36 heavy (non-hydrogen) atoms. The van der Waals surface area contributed by atoms with E-state index in [-0.39, 0.29) is 24.9 Å². The Morgan fingerprint density at radius 3 is 2.61 bits per heavy atom. The van der Waals surface area contributed by atoms with Crippen LogP contribution in [0.2, 0.25) is 5.02 Å². The standard InChI is InChI=1S/C27H25BrCl2N2O4/c1-2-36-27(35)32(19-10-6-9-18(30)14-19)26(34)24-21(16-7-5-8-17(29)13-16)15-23(33)31-25(24)20-11-3-4-12-22(20)28/h3-12,14,16,21,24-25H,2,13,15H2,1H3,(H,31,33)/t16?,21-,24?,25+/m0/s1. The molecule has 2 unspecified atom stereocenters. The molecule has 1 fully saturated rings. The minimum atomic E-state index is -0.802. The Kier molecular flexibility index (Phi) is 8.54. The van der Waals surface area contributed by atoms with Crippen molar-refractivity contribution >= 4 is 62.7 Å². The van der Waals surface area contributed by atoms with Crippen molar-refractivity contribution in [1.29, 1.82) is 0 Å². The summed E-state index contributed by atoms with van der Waals surface area (Å²) in [6.07, 6.45) is 5.43. The van der Waals surface area contributed by atoms with Crippen LogP contribution in [0.5, 0.6) is 0 Å². The van der Waals surface area contributed by atoms with Crippen LogP contribution in [-0.2, 0) is 14.3 Å². The van der Waals surface area contributed by atoms with Gasteiger partial charge in [-0.05, 0) is 61.1 Å². The first-order chi connectivity index (χ1) is 17.3. The number of piperidine rings is 1. The predicted molar refractivity (Wildman–Crippen MR) is 144 cm³/mol. The molecule has 1 N–H and O–H groups in total. The van der Waals surface area contributed by atoms with Gasteiger partial charge in [0.1, 0.15) is 0 Å². The molecule has 1 aliphatic carbocycles. The molecule has 0 bridgehead atoms. The van der Waals surface area contributed by atoms with E-state index in [1.807, 2.05) is 36.4 Å². The number of hydrogen-bond acceptors (Lipinski definition) is 4. The number of halogens is 3. The average molecular weight is 592 g/mol. The van der Waals surface area contributed by atoms with Crippen molar-refractivity contribution in [3.8, 4) is 0 Å². The molecule has 3 amide bonds. The molecule has 2 aromatic carbocycles. The summed E-state index contributed by atoms with van der Waals surface area (Å²) < 4.78 is 6.02. The van der Waals surface area contributed by atoms with Crippen molar-refractivity contribution in [2.24, 2.45) is 17.8 Å². The Balaban J connectivity index is 1.84. The minimum Gasteiger partial charge on any atom is -0.449 e. The third-order valence-corrected chi connectivity index (χ3v) is 7.67. The second kappa shape index (κ2) is 11.6. The van der Waals surface area contributed by atoms with Crippen molar-refractivity contribution < 1.29 is 19.1 Å². The highest BCUT2D eigenvalue weighted by Gasteiger charge is 2.48. The number of anilines is 1. The van der Waals surface area contributed by atoms with Gasteiger partial charge < -0.3 is 10.1 Å². The monoisotopic (exact) mass is 590 g/mol. The molecule has 0 radical (unpaired) electrons. The number of amides is 3. The summed E-state index contributed by atoms with van der Waals surface area (Å²) in [5.41, 5.74) is 1.04. The van der Waals surface area contributed by atoms with Crippen LogP contribution in [0, 0.1) is 17.8 Å². The van der Waals surface area contributed by atoms with Crippen LogP contribution in [0.25, 0.3) is 0 Å². The summed E-state index contributed by atoms with van der Waals surface area (Å²) in [4.78, 5) is 41.5. The zero-order chi connectivity index (χ0) is 25.8. The normalized spacial score (nSPS) is 23.4. The Bertz CT molecular complexity index is 1230. The zero-order valence-corrected chi connectivity index (χ0v) is 22.6. The molecule has 2 aliphatic rings. The van der Waals surface area contributed by atoms with Gasteiger partial charge in [-0.2, -0.15) is 0 Å². The maximum absolute atomic E-state index is 14.4. The van der Waals surface area contributed by atoms with E-state index in [2.05, 4.69) is 21.2 Å². The van der Waals surface area contributed by atoms with Crippen LogP contribution < -0.4 is 10.2 Å². The number of allylic oxidation sites excluding steroid dienone is 4. The van der Waals surface area contributed by atoms with E-state index in [0.717, 1.165) is 14.9 Å². The Labute approximate surface area is 228 Å². The van der Waals surface area contributed by atoms with E-state index < -0.39 is 29.9 Å². The first kappa shape index (κ1) is 26.5. The van der Waals surface area contributed by atoms with Crippen LogP contribution in [-0.4, -0.2) is 24.5 Å². The van der Waals surface area contributed by atoms with E-state index in [4.69, 9.17) is 27.9 Å². The summed E-state index contributed by atoms with van der Waals surface area (Å²) in [5.74, 6) is -2.04. The molecule has 2 aromatic rings. The summed E-state index contributed by atoms with van der Waals surface area (Å²) in [6, 6.07) is 13.2. The number of carbonyl (C=O) groups excluding carboxylic acids is 3. The van der Waals surface area contributed by atoms with E-state index in [1.54, 1.807) is 37.3 Å². The molecule has 4 rings (SSSR count). The number of ether oxygens (including phenoxy) is 1. The third-order valence-electron chi connectivity index (χ3n) is 6.44. The van der Waals surface area contributed by atoms with Gasteiger partial charge >= 0.3 is 6.09 Å². The fourth-order valence-electron chi connectivity index (χ4n) is 4.89. The molecule has 6 nitrogen and oxygen atoms in total. The molecule has 1 saturated heterocycles. The molecule has 1 aliphatic heterocycles. The highest BCUT2D eigenvalue weighted by molar-refractivity contribution is 9.10. The van der Waals surface area contributed by atoms with E-state index in [1.165, 1.54) is 0 Å².